The number of hydrogen-bond donors (Lipinski definition) is 1. The Hall–Kier alpha value is -3.34. The molecule has 0 atom stereocenters. The minimum atomic E-state index is -0.867. The lowest BCUT2D eigenvalue weighted by Crippen LogP contribution is -2.12. The van der Waals surface area contributed by atoms with E-state index in [1.807, 2.05) is 13.0 Å². The summed E-state index contributed by atoms with van der Waals surface area (Å²) in [5.41, 5.74) is -0.274. The number of benzene rings is 2. The van der Waals surface area contributed by atoms with Gasteiger partial charge in [-0.3, -0.25) is 4.79 Å². The summed E-state index contributed by atoms with van der Waals surface area (Å²) in [6.45, 7) is 2.42. The molecule has 2 aromatic carbocycles. The fourth-order valence-corrected chi connectivity index (χ4v) is 2.48. The van der Waals surface area contributed by atoms with Crippen LogP contribution in [0.1, 0.15) is 22.8 Å². The van der Waals surface area contributed by atoms with E-state index in [1.165, 1.54) is 6.08 Å². The van der Waals surface area contributed by atoms with Crippen molar-refractivity contribution in [2.24, 2.45) is 0 Å². The normalized spacial score (nSPS) is 11.1. The highest BCUT2D eigenvalue weighted by Crippen LogP contribution is 2.26. The zero-order valence-electron chi connectivity index (χ0n) is 13.6. The number of aromatic hydroxyl groups is 1. The van der Waals surface area contributed by atoms with Crippen LogP contribution in [0, 0.1) is 0 Å². The van der Waals surface area contributed by atoms with Gasteiger partial charge in [-0.1, -0.05) is 30.3 Å². The van der Waals surface area contributed by atoms with Crippen molar-refractivity contribution >= 4 is 22.8 Å². The molecule has 0 aliphatic rings. The second kappa shape index (κ2) is 7.05. The molecule has 5 nitrogen and oxygen atoms in total. The van der Waals surface area contributed by atoms with E-state index in [0.717, 1.165) is 5.56 Å². The molecule has 0 spiro atoms. The topological polar surface area (TPSA) is 76.7 Å². The second-order valence-electron chi connectivity index (χ2n) is 5.31. The van der Waals surface area contributed by atoms with Crippen LogP contribution in [0.5, 0.6) is 11.5 Å². The van der Waals surface area contributed by atoms with Gasteiger partial charge in [0.25, 0.3) is 0 Å². The molecular formula is C20H16O5. The van der Waals surface area contributed by atoms with E-state index >= 15 is 0 Å². The van der Waals surface area contributed by atoms with Gasteiger partial charge in [0.1, 0.15) is 22.6 Å². The molecule has 0 fully saturated rings. The lowest BCUT2D eigenvalue weighted by atomic mass is 10.1. The predicted molar refractivity (Wildman–Crippen MR) is 95.1 cm³/mol. The van der Waals surface area contributed by atoms with Gasteiger partial charge in [-0.05, 0) is 42.8 Å². The van der Waals surface area contributed by atoms with Crippen molar-refractivity contribution in [3.8, 4) is 11.5 Å². The van der Waals surface area contributed by atoms with Crippen LogP contribution in [0.2, 0.25) is 0 Å². The van der Waals surface area contributed by atoms with Crippen molar-refractivity contribution in [2.45, 2.75) is 6.92 Å². The van der Waals surface area contributed by atoms with Gasteiger partial charge in [0.05, 0.1) is 12.0 Å². The Labute approximate surface area is 143 Å². The highest BCUT2D eigenvalue weighted by Gasteiger charge is 2.18. The molecule has 0 unspecified atom stereocenters. The van der Waals surface area contributed by atoms with Crippen molar-refractivity contribution in [3.63, 3.8) is 0 Å². The first-order valence-corrected chi connectivity index (χ1v) is 7.80. The quantitative estimate of drug-likeness (QED) is 0.436. The standard InChI is InChI=1S/C20H16O5/c1-2-24-14-7-5-6-13(12-14)10-11-16(21)18-19(22)15-8-3-4-9-17(15)25-20(18)23/h3-12,22H,2H2,1H3. The van der Waals surface area contributed by atoms with E-state index in [4.69, 9.17) is 9.15 Å². The first kappa shape index (κ1) is 16.5. The van der Waals surface area contributed by atoms with Gasteiger partial charge in [0.15, 0.2) is 5.78 Å². The Bertz CT molecular complexity index is 1010. The molecule has 0 saturated carbocycles. The number of ketones is 1. The molecule has 25 heavy (non-hydrogen) atoms. The first-order valence-electron chi connectivity index (χ1n) is 7.80. The highest BCUT2D eigenvalue weighted by atomic mass is 16.5. The number of fused-ring (bicyclic) bond motifs is 1. The molecule has 0 saturated heterocycles. The van der Waals surface area contributed by atoms with Crippen LogP contribution >= 0.6 is 0 Å². The number of carbonyl (C=O) groups excluding carboxylic acids is 1. The minimum absolute atomic E-state index is 0.231. The van der Waals surface area contributed by atoms with E-state index in [2.05, 4.69) is 0 Å². The molecule has 0 aliphatic carbocycles. The Balaban J connectivity index is 1.95. The molecule has 0 aliphatic heterocycles. The SMILES string of the molecule is CCOc1cccc(C=CC(=O)c2c(O)c3ccccc3oc2=O)c1. The summed E-state index contributed by atoms with van der Waals surface area (Å²) < 4.78 is 10.5. The van der Waals surface area contributed by atoms with Gasteiger partial charge in [0, 0.05) is 0 Å². The molecule has 1 aromatic heterocycles. The largest absolute Gasteiger partial charge is 0.506 e. The Morgan fingerprint density at radius 3 is 2.80 bits per heavy atom. The number of ether oxygens (including phenoxy) is 1. The summed E-state index contributed by atoms with van der Waals surface area (Å²) in [5, 5.41) is 10.6. The summed E-state index contributed by atoms with van der Waals surface area (Å²) in [5.74, 6) is -0.312. The molecule has 0 bridgehead atoms. The maximum absolute atomic E-state index is 12.4. The first-order chi connectivity index (χ1) is 12.1. The van der Waals surface area contributed by atoms with Crippen LogP contribution in [0.3, 0.4) is 0 Å². The third-order valence-corrected chi connectivity index (χ3v) is 3.63. The van der Waals surface area contributed by atoms with Crippen molar-refractivity contribution in [3.05, 3.63) is 76.2 Å². The smallest absolute Gasteiger partial charge is 0.351 e. The van der Waals surface area contributed by atoms with Crippen LogP contribution in [0.15, 0.2) is 63.8 Å². The lowest BCUT2D eigenvalue weighted by molar-refractivity contribution is 0.104. The van der Waals surface area contributed by atoms with Gasteiger partial charge in [0.2, 0.25) is 0 Å². The number of rotatable bonds is 5. The summed E-state index contributed by atoms with van der Waals surface area (Å²) in [4.78, 5) is 24.4. The number of para-hydroxylation sites is 1. The van der Waals surface area contributed by atoms with Gasteiger partial charge in [-0.15, -0.1) is 0 Å². The fraction of sp³-hybridized carbons (Fsp3) is 0.100. The highest BCUT2D eigenvalue weighted by molar-refractivity contribution is 6.10. The van der Waals surface area contributed by atoms with Crippen LogP contribution in [0.25, 0.3) is 17.0 Å². The summed E-state index contributed by atoms with van der Waals surface area (Å²) in [7, 11) is 0. The molecule has 3 aromatic rings. The third kappa shape index (κ3) is 3.45. The molecule has 3 rings (SSSR count). The van der Waals surface area contributed by atoms with Crippen molar-refractivity contribution < 1.29 is 19.1 Å². The van der Waals surface area contributed by atoms with Crippen molar-refractivity contribution in [1.82, 2.24) is 0 Å². The fourth-order valence-electron chi connectivity index (χ4n) is 2.48. The van der Waals surface area contributed by atoms with E-state index in [-0.39, 0.29) is 16.9 Å². The zero-order valence-corrected chi connectivity index (χ0v) is 13.6. The van der Waals surface area contributed by atoms with E-state index < -0.39 is 11.4 Å². The Morgan fingerprint density at radius 2 is 2.00 bits per heavy atom. The minimum Gasteiger partial charge on any atom is -0.506 e. The molecule has 1 heterocycles. The predicted octanol–water partition coefficient (Wildman–Crippen LogP) is 3.79. The summed E-state index contributed by atoms with van der Waals surface area (Å²) in [6.07, 6.45) is 2.78. The Kier molecular flexibility index (Phi) is 4.66. The summed E-state index contributed by atoms with van der Waals surface area (Å²) >= 11 is 0. The number of hydrogen-bond acceptors (Lipinski definition) is 5. The Morgan fingerprint density at radius 1 is 1.20 bits per heavy atom. The van der Waals surface area contributed by atoms with Gasteiger partial charge in [-0.25, -0.2) is 4.79 Å². The average molecular weight is 336 g/mol. The molecule has 1 N–H and O–H groups in total. The summed E-state index contributed by atoms with van der Waals surface area (Å²) in [6, 6.07) is 13.7. The average Bonchev–Trinajstić information content (AvgIpc) is 2.61. The molecule has 5 heteroatoms. The third-order valence-electron chi connectivity index (χ3n) is 3.63. The van der Waals surface area contributed by atoms with Crippen LogP contribution in [0.4, 0.5) is 0 Å². The van der Waals surface area contributed by atoms with Crippen molar-refractivity contribution in [2.75, 3.05) is 6.61 Å². The number of carbonyl (C=O) groups is 1. The molecule has 0 amide bonds. The zero-order chi connectivity index (χ0) is 17.8. The van der Waals surface area contributed by atoms with Crippen LogP contribution in [-0.4, -0.2) is 17.5 Å². The monoisotopic (exact) mass is 336 g/mol. The van der Waals surface area contributed by atoms with Gasteiger partial charge >= 0.3 is 5.63 Å². The van der Waals surface area contributed by atoms with Gasteiger partial charge in [-0.2, -0.15) is 0 Å². The van der Waals surface area contributed by atoms with Crippen molar-refractivity contribution in [1.29, 1.82) is 0 Å². The molecular weight excluding hydrogens is 320 g/mol. The second-order valence-corrected chi connectivity index (χ2v) is 5.31. The van der Waals surface area contributed by atoms with Gasteiger partial charge < -0.3 is 14.3 Å². The molecule has 0 radical (unpaired) electrons. The number of allylic oxidation sites excluding steroid dienone is 1. The van der Waals surface area contributed by atoms with E-state index in [0.29, 0.717) is 17.7 Å². The lowest BCUT2D eigenvalue weighted by Gasteiger charge is -2.04. The van der Waals surface area contributed by atoms with E-state index in [1.54, 1.807) is 48.5 Å². The maximum atomic E-state index is 12.4. The van der Waals surface area contributed by atoms with Crippen LogP contribution in [-0.2, 0) is 0 Å². The van der Waals surface area contributed by atoms with Crippen LogP contribution < -0.4 is 10.4 Å². The maximum Gasteiger partial charge on any atom is 0.351 e. The van der Waals surface area contributed by atoms with E-state index in [9.17, 15) is 14.7 Å². The molecule has 126 valence electrons.